The molecule has 3 N–H and O–H groups in total. The van der Waals surface area contributed by atoms with Gasteiger partial charge in [0.1, 0.15) is 11.4 Å². The number of aldehydes is 1. The molecule has 8 heteroatoms. The van der Waals surface area contributed by atoms with Crippen LogP contribution in [0.5, 0.6) is 0 Å². The van der Waals surface area contributed by atoms with Crippen molar-refractivity contribution in [3.8, 4) is 0 Å². The van der Waals surface area contributed by atoms with Crippen LogP contribution in [0.2, 0.25) is 0 Å². The molecule has 1 aliphatic heterocycles. The van der Waals surface area contributed by atoms with E-state index >= 15 is 0 Å². The minimum Gasteiger partial charge on any atom is -0.395 e. The molecule has 27 heavy (non-hydrogen) atoms. The van der Waals surface area contributed by atoms with E-state index in [9.17, 15) is 18.0 Å². The number of allylic oxidation sites excluding steroid dienone is 2. The number of nitrogens with zero attached hydrogens (tertiary/aromatic N) is 2. The number of aliphatic imine (C=N–C) groups is 1. The molecule has 1 saturated heterocycles. The fourth-order valence-electron chi connectivity index (χ4n) is 3.09. The minimum atomic E-state index is -4.69. The van der Waals surface area contributed by atoms with Gasteiger partial charge in [-0.2, -0.15) is 13.2 Å². The maximum atomic E-state index is 12.5. The van der Waals surface area contributed by atoms with Gasteiger partial charge in [0.05, 0.1) is 5.69 Å². The third-order valence-electron chi connectivity index (χ3n) is 4.62. The molecule has 1 aromatic carbocycles. The second kappa shape index (κ2) is 9.66. The van der Waals surface area contributed by atoms with Crippen LogP contribution in [0.15, 0.2) is 41.0 Å². The quantitative estimate of drug-likeness (QED) is 0.562. The fourth-order valence-corrected chi connectivity index (χ4v) is 3.09. The van der Waals surface area contributed by atoms with Crippen molar-refractivity contribution >= 4 is 17.7 Å². The average Bonchev–Trinajstić information content (AvgIpc) is 2.65. The molecule has 0 aliphatic carbocycles. The van der Waals surface area contributed by atoms with Crippen molar-refractivity contribution in [2.45, 2.75) is 24.9 Å². The lowest BCUT2D eigenvalue weighted by molar-refractivity contribution is -0.102. The molecular formula is C19H25F3N4O. The van der Waals surface area contributed by atoms with E-state index in [-0.39, 0.29) is 12.0 Å². The summed E-state index contributed by atoms with van der Waals surface area (Å²) < 4.78 is 37.6. The summed E-state index contributed by atoms with van der Waals surface area (Å²) in [5, 5.41) is 3.14. The summed E-state index contributed by atoms with van der Waals surface area (Å²) in [7, 11) is 1.93. The van der Waals surface area contributed by atoms with Crippen molar-refractivity contribution in [3.63, 3.8) is 0 Å². The number of rotatable bonds is 7. The van der Waals surface area contributed by atoms with Crippen molar-refractivity contribution in [1.29, 1.82) is 0 Å². The molecule has 1 heterocycles. The van der Waals surface area contributed by atoms with Gasteiger partial charge in [0.2, 0.25) is 0 Å². The van der Waals surface area contributed by atoms with E-state index in [1.807, 2.05) is 19.2 Å². The molecule has 2 rings (SSSR count). The number of nitrogens with two attached hydrogens (primary N) is 1. The third-order valence-corrected chi connectivity index (χ3v) is 4.62. The van der Waals surface area contributed by atoms with E-state index in [1.165, 1.54) is 0 Å². The number of halogens is 3. The lowest BCUT2D eigenvalue weighted by atomic mass is 9.89. The van der Waals surface area contributed by atoms with Crippen LogP contribution in [0, 0.1) is 0 Å². The molecule has 0 aromatic heterocycles. The molecule has 0 radical (unpaired) electrons. The Kier molecular flexibility index (Phi) is 7.55. The summed E-state index contributed by atoms with van der Waals surface area (Å²) in [6, 6.07) is 7.29. The molecular weight excluding hydrogens is 357 g/mol. The van der Waals surface area contributed by atoms with Gasteiger partial charge in [-0.3, -0.25) is 4.79 Å². The Labute approximate surface area is 157 Å². The molecule has 0 spiro atoms. The zero-order valence-electron chi connectivity index (χ0n) is 15.3. The number of hydrogen-bond acceptors (Lipinski definition) is 5. The van der Waals surface area contributed by atoms with E-state index in [1.54, 1.807) is 12.1 Å². The SMILES string of the molecule is CNCCN1CCC(c2cccc(N=C(C=O)/C=C(\N)C(F)(F)F)c2)CC1. The van der Waals surface area contributed by atoms with Gasteiger partial charge in [-0.15, -0.1) is 0 Å². The van der Waals surface area contributed by atoms with Gasteiger partial charge in [-0.1, -0.05) is 12.1 Å². The van der Waals surface area contributed by atoms with Gasteiger partial charge in [0.25, 0.3) is 0 Å². The molecule has 0 atom stereocenters. The van der Waals surface area contributed by atoms with Gasteiger partial charge in [-0.05, 0) is 62.7 Å². The number of likely N-dealkylation sites (N-methyl/N-ethyl adjacent to an activating group) is 1. The molecule has 1 aliphatic rings. The normalized spacial score (nSPS) is 17.9. The van der Waals surface area contributed by atoms with E-state index in [4.69, 9.17) is 5.73 Å². The summed E-state index contributed by atoms with van der Waals surface area (Å²) in [6.45, 7) is 3.98. The number of hydrogen-bond donors (Lipinski definition) is 2. The first kappa shape index (κ1) is 21.1. The van der Waals surface area contributed by atoms with Crippen LogP contribution in [-0.4, -0.2) is 56.3 Å². The van der Waals surface area contributed by atoms with Gasteiger partial charge >= 0.3 is 6.18 Å². The van der Waals surface area contributed by atoms with Crippen LogP contribution >= 0.6 is 0 Å². The zero-order chi connectivity index (χ0) is 19.9. The van der Waals surface area contributed by atoms with Crippen LogP contribution in [0.25, 0.3) is 0 Å². The Morgan fingerprint density at radius 3 is 2.67 bits per heavy atom. The lowest BCUT2D eigenvalue weighted by Gasteiger charge is -2.32. The molecule has 148 valence electrons. The number of nitrogens with one attached hydrogen (secondary N) is 1. The highest BCUT2D eigenvalue weighted by atomic mass is 19.4. The smallest absolute Gasteiger partial charge is 0.395 e. The Hall–Kier alpha value is -2.19. The van der Waals surface area contributed by atoms with E-state index in [0.29, 0.717) is 17.7 Å². The van der Waals surface area contributed by atoms with Crippen molar-refractivity contribution in [2.75, 3.05) is 33.2 Å². The summed E-state index contributed by atoms with van der Waals surface area (Å²) >= 11 is 0. The third kappa shape index (κ3) is 6.48. The number of carbonyl (C=O) groups excluding carboxylic acids is 1. The Morgan fingerprint density at radius 1 is 1.37 bits per heavy atom. The highest BCUT2D eigenvalue weighted by molar-refractivity contribution is 6.34. The first-order valence-corrected chi connectivity index (χ1v) is 8.88. The van der Waals surface area contributed by atoms with Gasteiger partial charge in [0.15, 0.2) is 6.29 Å². The molecule has 0 amide bonds. The molecule has 1 aromatic rings. The maximum Gasteiger partial charge on any atom is 0.430 e. The number of likely N-dealkylation sites (tertiary alicyclic amines) is 1. The van der Waals surface area contributed by atoms with Crippen molar-refractivity contribution in [2.24, 2.45) is 10.7 Å². The number of carbonyl (C=O) groups is 1. The van der Waals surface area contributed by atoms with E-state index < -0.39 is 11.9 Å². The Balaban J connectivity index is 2.10. The minimum absolute atomic E-state index is 0.269. The topological polar surface area (TPSA) is 70.7 Å². The van der Waals surface area contributed by atoms with Gasteiger partial charge < -0.3 is 16.0 Å². The van der Waals surface area contributed by atoms with Crippen LogP contribution in [0.3, 0.4) is 0 Å². The monoisotopic (exact) mass is 382 g/mol. The van der Waals surface area contributed by atoms with Gasteiger partial charge in [0, 0.05) is 13.1 Å². The zero-order valence-corrected chi connectivity index (χ0v) is 15.3. The average molecular weight is 382 g/mol. The number of benzene rings is 1. The summed E-state index contributed by atoms with van der Waals surface area (Å²) in [4.78, 5) is 17.5. The predicted octanol–water partition coefficient (Wildman–Crippen LogP) is 2.76. The van der Waals surface area contributed by atoms with Crippen molar-refractivity contribution < 1.29 is 18.0 Å². The first-order chi connectivity index (χ1) is 12.8. The molecule has 5 nitrogen and oxygen atoms in total. The molecule has 0 saturated carbocycles. The van der Waals surface area contributed by atoms with Crippen molar-refractivity contribution in [3.05, 3.63) is 41.6 Å². The van der Waals surface area contributed by atoms with E-state index in [0.717, 1.165) is 44.6 Å². The standard InChI is InChI=1S/C19H25F3N4O/c1-24-7-10-26-8-5-14(6-9-26)15-3-2-4-16(11-15)25-17(13-27)12-18(23)19(20,21)22/h2-4,11-14,24H,5-10,23H2,1H3/b18-12-,25-17?. The Bertz CT molecular complexity index is 692. The highest BCUT2D eigenvalue weighted by Gasteiger charge is 2.31. The number of alkyl halides is 3. The van der Waals surface area contributed by atoms with Crippen LogP contribution in [0.1, 0.15) is 24.3 Å². The van der Waals surface area contributed by atoms with Crippen LogP contribution in [0.4, 0.5) is 18.9 Å². The second-order valence-corrected chi connectivity index (χ2v) is 6.57. The maximum absolute atomic E-state index is 12.5. The fraction of sp³-hybridized carbons (Fsp3) is 0.474. The Morgan fingerprint density at radius 2 is 2.07 bits per heavy atom. The molecule has 1 fully saturated rings. The molecule has 0 unspecified atom stereocenters. The summed E-state index contributed by atoms with van der Waals surface area (Å²) in [5.41, 5.74) is 4.79. The summed E-state index contributed by atoms with van der Waals surface area (Å²) in [6.07, 6.45) is -1.84. The van der Waals surface area contributed by atoms with E-state index in [2.05, 4.69) is 15.2 Å². The van der Waals surface area contributed by atoms with Crippen molar-refractivity contribution in [1.82, 2.24) is 10.2 Å². The second-order valence-electron chi connectivity index (χ2n) is 6.57. The number of piperidine rings is 1. The molecule has 0 bridgehead atoms. The van der Waals surface area contributed by atoms with Crippen LogP contribution in [-0.2, 0) is 4.79 Å². The largest absolute Gasteiger partial charge is 0.430 e. The van der Waals surface area contributed by atoms with Gasteiger partial charge in [-0.25, -0.2) is 4.99 Å². The first-order valence-electron chi connectivity index (χ1n) is 8.88. The summed E-state index contributed by atoms with van der Waals surface area (Å²) in [5.74, 6) is 0.376. The predicted molar refractivity (Wildman–Crippen MR) is 100 cm³/mol. The lowest BCUT2D eigenvalue weighted by Crippen LogP contribution is -2.37. The highest BCUT2D eigenvalue weighted by Crippen LogP contribution is 2.30. The van der Waals surface area contributed by atoms with Crippen LogP contribution < -0.4 is 11.1 Å².